The highest BCUT2D eigenvalue weighted by molar-refractivity contribution is 5.77. The van der Waals surface area contributed by atoms with E-state index in [0.717, 1.165) is 31.2 Å². The smallest absolute Gasteiger partial charge is 0.339 e. The number of ether oxygens (including phenoxy) is 1. The molecule has 0 aromatic heterocycles. The number of benzene rings is 1. The van der Waals surface area contributed by atoms with Crippen LogP contribution in [0.4, 0.5) is 0 Å². The molecule has 130 valence electrons. The number of rotatable bonds is 7. The Hall–Kier alpha value is -1.59. The zero-order chi connectivity index (χ0) is 17.3. The number of aliphatic hydroxyl groups is 1. The van der Waals surface area contributed by atoms with Gasteiger partial charge in [0, 0.05) is 12.5 Å². The van der Waals surface area contributed by atoms with Gasteiger partial charge >= 0.3 is 5.97 Å². The lowest BCUT2D eigenvalue weighted by molar-refractivity contribution is -0.169. The van der Waals surface area contributed by atoms with Crippen LogP contribution in [0.25, 0.3) is 0 Å². The Morgan fingerprint density at radius 3 is 2.57 bits per heavy atom. The van der Waals surface area contributed by atoms with Crippen molar-refractivity contribution in [3.8, 4) is 5.75 Å². The van der Waals surface area contributed by atoms with E-state index in [2.05, 4.69) is 5.32 Å². The summed E-state index contributed by atoms with van der Waals surface area (Å²) in [6.45, 7) is 4.50. The molecule has 3 N–H and O–H groups in total. The van der Waals surface area contributed by atoms with Gasteiger partial charge in [-0.15, -0.1) is 0 Å². The number of hydrogen-bond donors (Lipinski definition) is 3. The molecule has 0 heterocycles. The van der Waals surface area contributed by atoms with E-state index in [1.54, 1.807) is 6.07 Å². The van der Waals surface area contributed by atoms with Crippen LogP contribution < -0.4 is 10.1 Å². The van der Waals surface area contributed by atoms with Crippen molar-refractivity contribution in [2.45, 2.75) is 51.7 Å². The highest BCUT2D eigenvalue weighted by Crippen LogP contribution is 2.35. The molecule has 23 heavy (non-hydrogen) atoms. The van der Waals surface area contributed by atoms with E-state index < -0.39 is 11.6 Å². The number of hydrogen-bond acceptors (Lipinski definition) is 4. The fourth-order valence-electron chi connectivity index (χ4n) is 2.90. The zero-order valence-corrected chi connectivity index (χ0v) is 14.3. The Labute approximate surface area is 138 Å². The van der Waals surface area contributed by atoms with Gasteiger partial charge in [0.25, 0.3) is 0 Å². The average Bonchev–Trinajstić information content (AvgIpc) is 3.10. The molecule has 0 aliphatic heterocycles. The van der Waals surface area contributed by atoms with Gasteiger partial charge in [-0.1, -0.05) is 38.8 Å². The maximum atomic E-state index is 11.5. The molecule has 1 aromatic rings. The van der Waals surface area contributed by atoms with Crippen molar-refractivity contribution in [2.75, 3.05) is 13.7 Å². The zero-order valence-electron chi connectivity index (χ0n) is 14.3. The predicted octanol–water partition coefficient (Wildman–Crippen LogP) is 2.82. The molecule has 0 amide bonds. The number of carbonyl (C=O) groups is 1. The van der Waals surface area contributed by atoms with Crippen LogP contribution in [0.15, 0.2) is 24.3 Å². The van der Waals surface area contributed by atoms with Crippen molar-refractivity contribution in [1.29, 1.82) is 0 Å². The highest BCUT2D eigenvalue weighted by Gasteiger charge is 2.46. The first-order valence-electron chi connectivity index (χ1n) is 8.38. The van der Waals surface area contributed by atoms with Gasteiger partial charge < -0.3 is 20.3 Å². The third kappa shape index (κ3) is 5.22. The molecule has 1 unspecified atom stereocenters. The van der Waals surface area contributed by atoms with E-state index in [1.165, 1.54) is 0 Å². The van der Waals surface area contributed by atoms with Crippen molar-refractivity contribution in [2.24, 2.45) is 5.92 Å². The monoisotopic (exact) mass is 323 g/mol. The Morgan fingerprint density at radius 2 is 2.00 bits per heavy atom. The van der Waals surface area contributed by atoms with Crippen molar-refractivity contribution >= 4 is 5.97 Å². The summed E-state index contributed by atoms with van der Waals surface area (Å²) in [5.74, 6) is -0.836. The third-order valence-corrected chi connectivity index (χ3v) is 4.14. The first-order valence-corrected chi connectivity index (χ1v) is 8.38. The van der Waals surface area contributed by atoms with Gasteiger partial charge in [0.05, 0.1) is 0 Å². The predicted molar refractivity (Wildman–Crippen MR) is 90.6 cm³/mol. The molecule has 2 rings (SSSR count). The molecule has 5 heteroatoms. The average molecular weight is 323 g/mol. The lowest BCUT2D eigenvalue weighted by atomic mass is 9.87. The summed E-state index contributed by atoms with van der Waals surface area (Å²) in [5, 5.41) is 22.9. The number of nitrogens with one attached hydrogen (secondary N) is 1. The third-order valence-electron chi connectivity index (χ3n) is 4.14. The van der Waals surface area contributed by atoms with E-state index in [0.29, 0.717) is 12.3 Å². The number of carboxylic acid groups (broad SMARTS) is 1. The molecule has 1 fully saturated rings. The molecule has 1 atom stereocenters. The van der Waals surface area contributed by atoms with E-state index in [1.807, 2.05) is 39.1 Å². The van der Waals surface area contributed by atoms with Crippen molar-refractivity contribution in [3.05, 3.63) is 29.8 Å². The first kappa shape index (κ1) is 19.5. The van der Waals surface area contributed by atoms with Gasteiger partial charge in [0.15, 0.2) is 5.60 Å². The van der Waals surface area contributed by atoms with Crippen LogP contribution in [-0.4, -0.2) is 35.4 Å². The van der Waals surface area contributed by atoms with Crippen LogP contribution in [0.5, 0.6) is 5.75 Å². The molecule has 0 spiro atoms. The van der Waals surface area contributed by atoms with Crippen LogP contribution in [0.1, 0.15) is 45.1 Å². The SMILES string of the molecule is CC.CNCc1cccc(OCC(O)(C(=O)O)C2CCCC2)c1. The highest BCUT2D eigenvalue weighted by atomic mass is 16.5. The van der Waals surface area contributed by atoms with Crippen molar-refractivity contribution < 1.29 is 19.7 Å². The minimum absolute atomic E-state index is 0.212. The molecule has 1 aliphatic rings. The summed E-state index contributed by atoms with van der Waals surface area (Å²) in [4.78, 5) is 11.5. The van der Waals surface area contributed by atoms with Crippen LogP contribution in [0.3, 0.4) is 0 Å². The largest absolute Gasteiger partial charge is 0.490 e. The standard InChI is InChI=1S/C16H23NO4.C2H6/c1-17-10-12-5-4-8-14(9-12)21-11-16(20,15(18)19)13-6-2-3-7-13;1-2/h4-5,8-9,13,17,20H,2-3,6-7,10-11H2,1H3,(H,18,19);1-2H3. The molecule has 5 nitrogen and oxygen atoms in total. The Morgan fingerprint density at radius 1 is 1.35 bits per heavy atom. The Kier molecular flexibility index (Phi) is 8.06. The van der Waals surface area contributed by atoms with Gasteiger partial charge in [-0.25, -0.2) is 4.79 Å². The maximum absolute atomic E-state index is 11.5. The van der Waals surface area contributed by atoms with Crippen LogP contribution >= 0.6 is 0 Å². The summed E-state index contributed by atoms with van der Waals surface area (Å²) in [6, 6.07) is 7.45. The summed E-state index contributed by atoms with van der Waals surface area (Å²) in [5.41, 5.74) is -0.745. The molecule has 1 aliphatic carbocycles. The van der Waals surface area contributed by atoms with Crippen LogP contribution in [0.2, 0.25) is 0 Å². The fourth-order valence-corrected chi connectivity index (χ4v) is 2.90. The summed E-state index contributed by atoms with van der Waals surface area (Å²) >= 11 is 0. The van der Waals surface area contributed by atoms with Crippen molar-refractivity contribution in [3.63, 3.8) is 0 Å². The lowest BCUT2D eigenvalue weighted by Crippen LogP contribution is -2.50. The van der Waals surface area contributed by atoms with Gasteiger partial charge in [0.1, 0.15) is 12.4 Å². The molecule has 0 radical (unpaired) electrons. The van der Waals surface area contributed by atoms with E-state index in [4.69, 9.17) is 4.74 Å². The van der Waals surface area contributed by atoms with Gasteiger partial charge in [-0.05, 0) is 37.6 Å². The molecular formula is C18H29NO4. The maximum Gasteiger partial charge on any atom is 0.339 e. The van der Waals surface area contributed by atoms with E-state index >= 15 is 0 Å². The molecule has 0 bridgehead atoms. The summed E-state index contributed by atoms with van der Waals surface area (Å²) in [6.07, 6.45) is 3.42. The lowest BCUT2D eigenvalue weighted by Gasteiger charge is -2.29. The van der Waals surface area contributed by atoms with Crippen LogP contribution in [-0.2, 0) is 11.3 Å². The Balaban J connectivity index is 0.00000127. The minimum atomic E-state index is -1.80. The molecule has 1 aromatic carbocycles. The fraction of sp³-hybridized carbons (Fsp3) is 0.611. The topological polar surface area (TPSA) is 78.8 Å². The van der Waals surface area contributed by atoms with E-state index in [-0.39, 0.29) is 12.5 Å². The molecular weight excluding hydrogens is 294 g/mol. The van der Waals surface area contributed by atoms with Gasteiger partial charge in [0.2, 0.25) is 0 Å². The van der Waals surface area contributed by atoms with Gasteiger partial charge in [-0.2, -0.15) is 0 Å². The first-order chi connectivity index (χ1) is 11.1. The van der Waals surface area contributed by atoms with E-state index in [9.17, 15) is 15.0 Å². The van der Waals surface area contributed by atoms with Gasteiger partial charge in [-0.3, -0.25) is 0 Å². The summed E-state index contributed by atoms with van der Waals surface area (Å²) in [7, 11) is 1.86. The quantitative estimate of drug-likeness (QED) is 0.719. The second-order valence-electron chi connectivity index (χ2n) is 5.68. The normalized spacial score (nSPS) is 17.0. The van der Waals surface area contributed by atoms with Crippen molar-refractivity contribution in [1.82, 2.24) is 5.32 Å². The second kappa shape index (κ2) is 9.53. The molecule has 1 saturated carbocycles. The molecule has 0 saturated heterocycles. The number of aliphatic carboxylic acids is 1. The second-order valence-corrected chi connectivity index (χ2v) is 5.68. The summed E-state index contributed by atoms with van der Waals surface area (Å²) < 4.78 is 5.57. The van der Waals surface area contributed by atoms with Crippen LogP contribution in [0, 0.1) is 5.92 Å². The minimum Gasteiger partial charge on any atom is -0.490 e. The number of carboxylic acids is 1. The Bertz CT molecular complexity index is 486.